The SMILES string of the molecule is COc1cc2c(cc1OC)CN(C(=NCc1ccccc1)NCc1nnc(C)n1C)CC2. The van der Waals surface area contributed by atoms with E-state index in [1.165, 1.54) is 16.7 Å². The van der Waals surface area contributed by atoms with Crippen molar-refractivity contribution >= 4 is 5.96 Å². The molecule has 0 saturated heterocycles. The molecule has 0 saturated carbocycles. The molecule has 0 bridgehead atoms. The second-order valence-electron chi connectivity index (χ2n) is 7.85. The van der Waals surface area contributed by atoms with Crippen LogP contribution in [0.2, 0.25) is 0 Å². The number of nitrogens with zero attached hydrogens (tertiary/aromatic N) is 5. The maximum Gasteiger partial charge on any atom is 0.194 e. The van der Waals surface area contributed by atoms with Crippen LogP contribution in [0.15, 0.2) is 47.5 Å². The molecule has 32 heavy (non-hydrogen) atoms. The Kier molecular flexibility index (Phi) is 6.58. The van der Waals surface area contributed by atoms with Crippen molar-refractivity contribution in [3.05, 3.63) is 70.8 Å². The Hall–Kier alpha value is -3.55. The van der Waals surface area contributed by atoms with Gasteiger partial charge < -0.3 is 24.3 Å². The number of fused-ring (bicyclic) bond motifs is 1. The molecule has 1 N–H and O–H groups in total. The minimum atomic E-state index is 0.556. The van der Waals surface area contributed by atoms with Crippen LogP contribution in [0.4, 0.5) is 0 Å². The van der Waals surface area contributed by atoms with Crippen LogP contribution in [0.5, 0.6) is 11.5 Å². The normalized spacial score (nSPS) is 13.6. The number of hydrogen-bond donors (Lipinski definition) is 1. The van der Waals surface area contributed by atoms with Gasteiger partial charge in [-0.05, 0) is 42.2 Å². The number of guanidine groups is 1. The molecule has 168 valence electrons. The van der Waals surface area contributed by atoms with Crippen LogP contribution in [0.1, 0.15) is 28.3 Å². The van der Waals surface area contributed by atoms with Gasteiger partial charge in [0.25, 0.3) is 0 Å². The average Bonchev–Trinajstić information content (AvgIpc) is 3.15. The summed E-state index contributed by atoms with van der Waals surface area (Å²) >= 11 is 0. The van der Waals surface area contributed by atoms with Crippen molar-refractivity contribution < 1.29 is 9.47 Å². The van der Waals surface area contributed by atoms with Gasteiger partial charge in [-0.1, -0.05) is 30.3 Å². The molecule has 1 aliphatic heterocycles. The zero-order valence-corrected chi connectivity index (χ0v) is 19.1. The Labute approximate surface area is 188 Å². The van der Waals surface area contributed by atoms with Gasteiger partial charge in [-0.3, -0.25) is 0 Å². The summed E-state index contributed by atoms with van der Waals surface area (Å²) in [7, 11) is 5.32. The summed E-state index contributed by atoms with van der Waals surface area (Å²) in [5.74, 6) is 4.14. The van der Waals surface area contributed by atoms with Crippen LogP contribution in [-0.4, -0.2) is 46.4 Å². The Bertz CT molecular complexity index is 1090. The highest BCUT2D eigenvalue weighted by molar-refractivity contribution is 5.80. The van der Waals surface area contributed by atoms with Crippen molar-refractivity contribution in [3.63, 3.8) is 0 Å². The number of benzene rings is 2. The highest BCUT2D eigenvalue weighted by Crippen LogP contribution is 2.33. The van der Waals surface area contributed by atoms with Crippen LogP contribution in [0.3, 0.4) is 0 Å². The van der Waals surface area contributed by atoms with Gasteiger partial charge in [0, 0.05) is 20.1 Å². The van der Waals surface area contributed by atoms with Crippen molar-refractivity contribution in [2.75, 3.05) is 20.8 Å². The third-order valence-electron chi connectivity index (χ3n) is 5.86. The van der Waals surface area contributed by atoms with E-state index in [0.29, 0.717) is 13.1 Å². The van der Waals surface area contributed by atoms with Crippen molar-refractivity contribution in [1.29, 1.82) is 0 Å². The highest BCUT2D eigenvalue weighted by Gasteiger charge is 2.22. The number of nitrogens with one attached hydrogen (secondary N) is 1. The molecule has 1 aromatic heterocycles. The molecule has 0 atom stereocenters. The van der Waals surface area contributed by atoms with Crippen molar-refractivity contribution in [1.82, 2.24) is 25.0 Å². The van der Waals surface area contributed by atoms with Gasteiger partial charge in [-0.2, -0.15) is 0 Å². The lowest BCUT2D eigenvalue weighted by molar-refractivity contribution is 0.345. The fraction of sp³-hybridized carbons (Fsp3) is 0.375. The Morgan fingerprint density at radius 3 is 2.44 bits per heavy atom. The first-order valence-electron chi connectivity index (χ1n) is 10.7. The van der Waals surface area contributed by atoms with Gasteiger partial charge >= 0.3 is 0 Å². The largest absolute Gasteiger partial charge is 0.493 e. The van der Waals surface area contributed by atoms with E-state index >= 15 is 0 Å². The number of hydrogen-bond acceptors (Lipinski definition) is 5. The van der Waals surface area contributed by atoms with Gasteiger partial charge in [0.15, 0.2) is 23.3 Å². The monoisotopic (exact) mass is 434 g/mol. The average molecular weight is 435 g/mol. The first-order chi connectivity index (χ1) is 15.6. The molecule has 8 heteroatoms. The molecule has 2 aromatic carbocycles. The summed E-state index contributed by atoms with van der Waals surface area (Å²) in [6.07, 6.45) is 0.908. The zero-order chi connectivity index (χ0) is 22.5. The van der Waals surface area contributed by atoms with Crippen molar-refractivity contribution in [2.24, 2.45) is 12.0 Å². The van der Waals surface area contributed by atoms with E-state index in [1.54, 1.807) is 14.2 Å². The van der Waals surface area contributed by atoms with E-state index in [9.17, 15) is 0 Å². The van der Waals surface area contributed by atoms with Crippen molar-refractivity contribution in [2.45, 2.75) is 33.0 Å². The standard InChI is InChI=1S/C24H30N6O2/c1-17-27-28-23(29(17)2)15-26-24(25-14-18-8-6-5-7-9-18)30-11-10-19-12-21(31-3)22(32-4)13-20(19)16-30/h5-9,12-13H,10-11,14-16H2,1-4H3,(H,25,26). The summed E-state index contributed by atoms with van der Waals surface area (Å²) in [6.45, 7) is 4.72. The predicted molar refractivity (Wildman–Crippen MR) is 124 cm³/mol. The van der Waals surface area contributed by atoms with Gasteiger partial charge in [-0.25, -0.2) is 4.99 Å². The van der Waals surface area contributed by atoms with E-state index in [0.717, 1.165) is 48.6 Å². The number of aliphatic imine (C=N–C) groups is 1. The lowest BCUT2D eigenvalue weighted by Gasteiger charge is -2.32. The number of aromatic nitrogens is 3. The van der Waals surface area contributed by atoms with Crippen LogP contribution < -0.4 is 14.8 Å². The van der Waals surface area contributed by atoms with E-state index < -0.39 is 0 Å². The van der Waals surface area contributed by atoms with Crippen LogP contribution in [-0.2, 0) is 33.1 Å². The fourth-order valence-electron chi connectivity index (χ4n) is 3.84. The van der Waals surface area contributed by atoms with Crippen LogP contribution >= 0.6 is 0 Å². The Balaban J connectivity index is 1.57. The number of aryl methyl sites for hydroxylation is 1. The molecule has 0 amide bonds. The van der Waals surface area contributed by atoms with Gasteiger partial charge in [0.1, 0.15) is 5.82 Å². The molecule has 0 unspecified atom stereocenters. The first-order valence-corrected chi connectivity index (χ1v) is 10.7. The predicted octanol–water partition coefficient (Wildman–Crippen LogP) is 2.84. The molecule has 4 rings (SSSR count). The molecule has 1 aliphatic rings. The molecule has 2 heterocycles. The summed E-state index contributed by atoms with van der Waals surface area (Å²) in [4.78, 5) is 7.21. The Morgan fingerprint density at radius 2 is 1.78 bits per heavy atom. The van der Waals surface area contributed by atoms with Crippen LogP contribution in [0, 0.1) is 6.92 Å². The number of rotatable bonds is 6. The Morgan fingerprint density at radius 1 is 1.06 bits per heavy atom. The second kappa shape index (κ2) is 9.72. The lowest BCUT2D eigenvalue weighted by atomic mass is 9.99. The van der Waals surface area contributed by atoms with Gasteiger partial charge in [0.05, 0.1) is 27.3 Å². The molecule has 0 radical (unpaired) electrons. The van der Waals surface area contributed by atoms with Crippen molar-refractivity contribution in [3.8, 4) is 11.5 Å². The van der Waals surface area contributed by atoms with E-state index in [-0.39, 0.29) is 0 Å². The molecule has 3 aromatic rings. The lowest BCUT2D eigenvalue weighted by Crippen LogP contribution is -2.44. The molecule has 0 fully saturated rings. The second-order valence-corrected chi connectivity index (χ2v) is 7.85. The fourth-order valence-corrected chi connectivity index (χ4v) is 3.84. The minimum absolute atomic E-state index is 0.556. The highest BCUT2D eigenvalue weighted by atomic mass is 16.5. The number of methoxy groups -OCH3 is 2. The molecular weight excluding hydrogens is 404 g/mol. The minimum Gasteiger partial charge on any atom is -0.493 e. The summed E-state index contributed by atoms with van der Waals surface area (Å²) in [5, 5.41) is 11.9. The molecule has 8 nitrogen and oxygen atoms in total. The number of ether oxygens (including phenoxy) is 2. The molecule has 0 spiro atoms. The molecular formula is C24H30N6O2. The van der Waals surface area contributed by atoms with E-state index in [4.69, 9.17) is 14.5 Å². The first kappa shape index (κ1) is 21.7. The third-order valence-corrected chi connectivity index (χ3v) is 5.86. The zero-order valence-electron chi connectivity index (χ0n) is 19.1. The molecule has 0 aliphatic carbocycles. The van der Waals surface area contributed by atoms with E-state index in [2.05, 4.69) is 44.7 Å². The summed E-state index contributed by atoms with van der Waals surface area (Å²) in [6, 6.07) is 14.4. The van der Waals surface area contributed by atoms with E-state index in [1.807, 2.05) is 36.7 Å². The van der Waals surface area contributed by atoms with Gasteiger partial charge in [-0.15, -0.1) is 10.2 Å². The quantitative estimate of drug-likeness (QED) is 0.475. The maximum atomic E-state index is 5.52. The summed E-state index contributed by atoms with van der Waals surface area (Å²) in [5.41, 5.74) is 3.67. The van der Waals surface area contributed by atoms with Gasteiger partial charge in [0.2, 0.25) is 0 Å². The smallest absolute Gasteiger partial charge is 0.194 e. The third kappa shape index (κ3) is 4.69. The summed E-state index contributed by atoms with van der Waals surface area (Å²) < 4.78 is 13.0. The topological polar surface area (TPSA) is 76.8 Å². The maximum absolute atomic E-state index is 5.52. The van der Waals surface area contributed by atoms with Crippen LogP contribution in [0.25, 0.3) is 0 Å².